The van der Waals surface area contributed by atoms with Crippen molar-refractivity contribution in [3.63, 3.8) is 0 Å². The zero-order valence-corrected chi connectivity index (χ0v) is 43.5. The number of Topliss-reactive ketones (excluding diaryl/α,β-unsaturated/α-hetero) is 3. The number of hydrogen-bond donors (Lipinski definition) is 2. The first-order chi connectivity index (χ1) is 35.7. The number of aliphatic hydroxyl groups is 1. The van der Waals surface area contributed by atoms with Crippen molar-refractivity contribution in [2.24, 2.45) is 69.5 Å². The van der Waals surface area contributed by atoms with E-state index in [1.54, 1.807) is 48.1 Å². The third kappa shape index (κ3) is 10.9. The summed E-state index contributed by atoms with van der Waals surface area (Å²) in [7, 11) is 0. The van der Waals surface area contributed by atoms with Gasteiger partial charge in [0.15, 0.2) is 11.6 Å². The van der Waals surface area contributed by atoms with E-state index >= 15 is 0 Å². The number of hydrogen-bond acceptors (Lipinski definition) is 16. The maximum Gasteiger partial charge on any atom is 0.338 e. The van der Waals surface area contributed by atoms with E-state index in [2.05, 4.69) is 15.0 Å². The number of imidazole rings is 3. The van der Waals surface area contributed by atoms with Crippen LogP contribution in [-0.4, -0.2) is 130 Å². The molecule has 17 rings (SSSR count). The van der Waals surface area contributed by atoms with Gasteiger partial charge in [0.05, 0.1) is 36.1 Å². The molecule has 8 atom stereocenters. The van der Waals surface area contributed by atoms with Crippen LogP contribution in [-0.2, 0) is 47.7 Å². The number of nitrogens with zero attached hydrogens (tertiary/aromatic N) is 6. The van der Waals surface area contributed by atoms with Crippen molar-refractivity contribution in [2.45, 2.75) is 148 Å². The number of aliphatic hydroxyl groups excluding tert-OH is 1. The van der Waals surface area contributed by atoms with Gasteiger partial charge in [-0.15, -0.1) is 0 Å². The Bertz CT molecular complexity index is 2520. The molecule has 406 valence electrons. The molecule has 12 bridgehead atoms. The maximum absolute atomic E-state index is 12.7. The minimum absolute atomic E-state index is 0.0451. The third-order valence-corrected chi connectivity index (χ3v) is 18.3. The summed E-state index contributed by atoms with van der Waals surface area (Å²) in [6.45, 7) is 8.65. The number of aliphatic carboxylic acids is 1. The lowest BCUT2D eigenvalue weighted by molar-refractivity contribution is -0.180. The SMILES string of the molecule is CC1(C)OCC(CO)O1.CC1(C)OCC(COC(=O)C23CC4CC(C2)C(=O)C(C4)C3)O1.O=C(n1ccnc1)n1ccnc1.O=C1C2CC3CC1CC(C(=O)O)(C3)C2.O=C1C2CC3CC1CC(C(=O)n1ccnc1)(C3)C2. The molecule has 8 unspecified atom stereocenters. The molecule has 0 spiro atoms. The highest BCUT2D eigenvalue weighted by atomic mass is 16.8. The van der Waals surface area contributed by atoms with Crippen LogP contribution < -0.4 is 0 Å². The molecule has 20 heteroatoms. The van der Waals surface area contributed by atoms with Crippen LogP contribution >= 0.6 is 0 Å². The van der Waals surface area contributed by atoms with Gasteiger partial charge in [0.2, 0.25) is 5.91 Å². The Kier molecular flexibility index (Phi) is 14.6. The second-order valence-electron chi connectivity index (χ2n) is 24.6. The molecule has 0 amide bonds. The van der Waals surface area contributed by atoms with E-state index in [1.165, 1.54) is 21.8 Å². The lowest BCUT2D eigenvalue weighted by atomic mass is 9.49. The smallest absolute Gasteiger partial charge is 0.338 e. The van der Waals surface area contributed by atoms with Crippen molar-refractivity contribution in [1.82, 2.24) is 28.7 Å². The van der Waals surface area contributed by atoms with E-state index in [4.69, 9.17) is 28.8 Å². The van der Waals surface area contributed by atoms with Gasteiger partial charge in [0.25, 0.3) is 0 Å². The summed E-state index contributed by atoms with van der Waals surface area (Å²) in [5, 5.41) is 17.8. The number of ketones is 3. The van der Waals surface area contributed by atoms with Crippen molar-refractivity contribution in [1.29, 1.82) is 0 Å². The van der Waals surface area contributed by atoms with Gasteiger partial charge in [-0.25, -0.2) is 19.7 Å². The number of ether oxygens (including phenoxy) is 5. The Hall–Kier alpha value is -5.28. The Labute approximate surface area is 435 Å². The lowest BCUT2D eigenvalue weighted by Gasteiger charge is -2.54. The van der Waals surface area contributed by atoms with Gasteiger partial charge in [0.1, 0.15) is 55.1 Å². The number of rotatable bonds is 6. The molecule has 3 aromatic rings. The molecular formula is C55H72N6O14. The zero-order valence-electron chi connectivity index (χ0n) is 43.5. The topological polar surface area (TPSA) is 260 Å². The number of carbonyl (C=O) groups is 7. The number of carbonyl (C=O) groups excluding carboxylic acids is 6. The lowest BCUT2D eigenvalue weighted by Crippen LogP contribution is -2.55. The van der Waals surface area contributed by atoms with Crippen molar-refractivity contribution >= 4 is 41.2 Å². The standard InChI is InChI=1S/C17H24O5.C14H16N2O2.C11H14O3.C7H6N4O.C6H12O3/c1-16(2)21-9-13(22-16)8-20-15(19)17-5-10-3-11(6-17)14(18)12(4-10)7-17;17-12-10-3-9-4-11(12)7-14(5-9,6-10)13(18)16-2-1-15-8-16;12-9-7-1-6-2-8(9)5-11(3-6,4-7)10(13)14;12-7(10-3-1-8-5-10)11-4-2-9-6-11;1-6(2)8-4-5(3-7)9-6/h10-13H,3-9H2,1-2H3;1-2,8-11H,3-7H2;6-8H,1-5H2,(H,13,14);1-6H;5,7H,3-4H2,1-2H3. The minimum atomic E-state index is -0.663. The van der Waals surface area contributed by atoms with Crippen LogP contribution in [0.2, 0.25) is 0 Å². The molecule has 0 radical (unpaired) electrons. The van der Waals surface area contributed by atoms with Crippen LogP contribution in [0.5, 0.6) is 0 Å². The summed E-state index contributed by atoms with van der Waals surface area (Å²) >= 11 is 0. The fourth-order valence-electron chi connectivity index (χ4n) is 15.6. The summed E-state index contributed by atoms with van der Waals surface area (Å²) in [6.07, 6.45) is 26.6. The van der Waals surface area contributed by atoms with Gasteiger partial charge < -0.3 is 33.9 Å². The first-order valence-corrected chi connectivity index (χ1v) is 27.0. The van der Waals surface area contributed by atoms with Crippen LogP contribution in [0.3, 0.4) is 0 Å². The number of esters is 1. The van der Waals surface area contributed by atoms with Gasteiger partial charge in [-0.2, -0.15) is 0 Å². The second-order valence-corrected chi connectivity index (χ2v) is 24.6. The number of carboxylic acids is 1. The highest BCUT2D eigenvalue weighted by Gasteiger charge is 2.61. The van der Waals surface area contributed by atoms with Gasteiger partial charge in [-0.3, -0.25) is 42.5 Å². The van der Waals surface area contributed by atoms with E-state index in [0.29, 0.717) is 74.0 Å². The highest BCUT2D eigenvalue weighted by molar-refractivity contribution is 5.93. The summed E-state index contributed by atoms with van der Waals surface area (Å²) in [4.78, 5) is 95.5. The van der Waals surface area contributed by atoms with Gasteiger partial charge in [0, 0.05) is 72.7 Å². The average Bonchev–Trinajstić information content (AvgIpc) is 4.27. The largest absolute Gasteiger partial charge is 0.481 e. The molecule has 20 nitrogen and oxygen atoms in total. The molecule has 0 aromatic carbocycles. The van der Waals surface area contributed by atoms with Crippen LogP contribution in [0.1, 0.15) is 129 Å². The molecule has 5 heterocycles. The molecule has 75 heavy (non-hydrogen) atoms. The summed E-state index contributed by atoms with van der Waals surface area (Å²) in [6, 6.07) is -0.190. The molecule has 2 N–H and O–H groups in total. The average molecular weight is 1040 g/mol. The first-order valence-electron chi connectivity index (χ1n) is 27.0. The summed E-state index contributed by atoms with van der Waals surface area (Å²) < 4.78 is 31.5. The molecule has 2 aliphatic heterocycles. The molecular weight excluding hydrogens is 969 g/mol. The quantitative estimate of drug-likeness (QED) is 0.261. The third-order valence-electron chi connectivity index (χ3n) is 18.3. The Morgan fingerprint density at radius 2 is 0.933 bits per heavy atom. The number of aromatic nitrogens is 6. The Balaban J connectivity index is 0.000000110. The molecule has 12 aliphatic carbocycles. The van der Waals surface area contributed by atoms with Crippen molar-refractivity contribution in [2.75, 3.05) is 26.4 Å². The second kappa shape index (κ2) is 20.6. The maximum atomic E-state index is 12.7. The molecule has 3 aromatic heterocycles. The van der Waals surface area contributed by atoms with Crippen LogP contribution in [0.4, 0.5) is 4.79 Å². The number of carboxylic acid groups (broad SMARTS) is 1. The van der Waals surface area contributed by atoms with Crippen LogP contribution in [0.25, 0.3) is 0 Å². The summed E-state index contributed by atoms with van der Waals surface area (Å²) in [5.41, 5.74) is -1.20. The normalized spacial score (nSPS) is 38.0. The monoisotopic (exact) mass is 1040 g/mol. The summed E-state index contributed by atoms with van der Waals surface area (Å²) in [5.74, 6) is 1.80. The van der Waals surface area contributed by atoms with E-state index in [0.717, 1.165) is 70.6 Å². The fraction of sp³-hybridized carbons (Fsp3) is 0.709. The van der Waals surface area contributed by atoms with E-state index in [1.807, 2.05) is 27.7 Å². The fourth-order valence-corrected chi connectivity index (χ4v) is 15.6. The van der Waals surface area contributed by atoms with Crippen molar-refractivity contribution in [3.8, 4) is 0 Å². The van der Waals surface area contributed by atoms with Crippen molar-refractivity contribution in [3.05, 3.63) is 56.2 Å². The first kappa shape index (κ1) is 53.1. The molecule has 12 saturated carbocycles. The van der Waals surface area contributed by atoms with Crippen LogP contribution in [0.15, 0.2) is 56.2 Å². The van der Waals surface area contributed by atoms with Crippen molar-refractivity contribution < 1.29 is 67.5 Å². The predicted octanol–water partition coefficient (Wildman–Crippen LogP) is 6.19. The van der Waals surface area contributed by atoms with Gasteiger partial charge in [-0.05, 0) is 142 Å². The van der Waals surface area contributed by atoms with E-state index in [-0.39, 0.29) is 84.3 Å². The molecule has 2 saturated heterocycles. The zero-order chi connectivity index (χ0) is 53.1. The van der Waals surface area contributed by atoms with Gasteiger partial charge in [-0.1, -0.05) is 0 Å². The highest BCUT2D eigenvalue weighted by Crippen LogP contribution is 2.61. The Morgan fingerprint density at radius 3 is 1.29 bits per heavy atom. The van der Waals surface area contributed by atoms with Gasteiger partial charge >= 0.3 is 18.0 Å². The van der Waals surface area contributed by atoms with E-state index in [9.17, 15) is 38.7 Å². The molecule has 14 aliphatic rings. The minimum Gasteiger partial charge on any atom is -0.481 e. The van der Waals surface area contributed by atoms with E-state index < -0.39 is 28.4 Å². The predicted molar refractivity (Wildman–Crippen MR) is 262 cm³/mol. The van der Waals surface area contributed by atoms with Crippen LogP contribution in [0, 0.1) is 69.5 Å². The Morgan fingerprint density at radius 1 is 0.560 bits per heavy atom. The molecule has 14 fully saturated rings.